The lowest BCUT2D eigenvalue weighted by molar-refractivity contribution is -0.129. The Labute approximate surface area is 186 Å². The van der Waals surface area contributed by atoms with Gasteiger partial charge in [0.25, 0.3) is 0 Å². The van der Waals surface area contributed by atoms with Crippen LogP contribution in [0.5, 0.6) is 0 Å². The van der Waals surface area contributed by atoms with Crippen LogP contribution >= 0.6 is 11.6 Å². The fourth-order valence-corrected chi connectivity index (χ4v) is 3.53. The van der Waals surface area contributed by atoms with Crippen LogP contribution in [0.3, 0.4) is 0 Å². The van der Waals surface area contributed by atoms with Gasteiger partial charge in [0.1, 0.15) is 6.42 Å². The van der Waals surface area contributed by atoms with Gasteiger partial charge in [-0.05, 0) is 50.1 Å². The number of aryl methyl sites for hydroxylation is 1. The van der Waals surface area contributed by atoms with E-state index in [1.165, 1.54) is 0 Å². The van der Waals surface area contributed by atoms with Gasteiger partial charge in [-0.3, -0.25) is 9.59 Å². The maximum Gasteiger partial charge on any atom is 0.249 e. The predicted octanol–water partition coefficient (Wildman–Crippen LogP) is 3.95. The number of benzene rings is 2. The van der Waals surface area contributed by atoms with Crippen molar-refractivity contribution < 1.29 is 9.59 Å². The number of hydrazone groups is 1. The van der Waals surface area contributed by atoms with Gasteiger partial charge in [-0.1, -0.05) is 48.0 Å². The zero-order valence-electron chi connectivity index (χ0n) is 17.6. The molecule has 0 radical (unpaired) electrons. The summed E-state index contributed by atoms with van der Waals surface area (Å²) in [4.78, 5) is 23.9. The van der Waals surface area contributed by atoms with Crippen LogP contribution in [-0.4, -0.2) is 29.1 Å². The van der Waals surface area contributed by atoms with Gasteiger partial charge in [0.2, 0.25) is 11.8 Å². The Morgan fingerprint density at radius 3 is 2.55 bits per heavy atom. The Bertz CT molecular complexity index is 1090. The molecular formula is C24H25ClN4O2. The molecule has 1 heterocycles. The highest BCUT2D eigenvalue weighted by Gasteiger charge is 2.11. The standard InChI is InChI=1S/C24H25ClN4O2/c1-17-13-20(18(2)29(17)22-10-6-9-21(25)14-22)16-27-28-24(31)15-23(30)26-12-11-19-7-4-3-5-8-19/h3-10,13-14,16H,11-12,15H2,1-2H3,(H,26,30)(H,28,31)/b27-16+. The lowest BCUT2D eigenvalue weighted by Crippen LogP contribution is -2.31. The summed E-state index contributed by atoms with van der Waals surface area (Å²) in [6, 6.07) is 19.4. The minimum Gasteiger partial charge on any atom is -0.355 e. The first-order chi connectivity index (χ1) is 14.9. The number of carbonyl (C=O) groups is 2. The highest BCUT2D eigenvalue weighted by atomic mass is 35.5. The molecule has 0 atom stereocenters. The summed E-state index contributed by atoms with van der Waals surface area (Å²) in [5, 5.41) is 7.41. The van der Waals surface area contributed by atoms with Gasteiger partial charge in [0, 0.05) is 34.2 Å². The van der Waals surface area contributed by atoms with Gasteiger partial charge in [-0.2, -0.15) is 5.10 Å². The maximum absolute atomic E-state index is 12.0. The molecule has 3 rings (SSSR count). The molecule has 0 spiro atoms. The molecule has 0 bridgehead atoms. The van der Waals surface area contributed by atoms with Gasteiger partial charge in [-0.15, -0.1) is 0 Å². The molecule has 160 valence electrons. The fourth-order valence-electron chi connectivity index (χ4n) is 3.34. The minimum atomic E-state index is -0.461. The van der Waals surface area contributed by atoms with Gasteiger partial charge in [0.15, 0.2) is 0 Å². The third-order valence-corrected chi connectivity index (χ3v) is 5.06. The Kier molecular flexibility index (Phi) is 7.62. The number of hydrogen-bond acceptors (Lipinski definition) is 3. The van der Waals surface area contributed by atoms with Crippen molar-refractivity contribution >= 4 is 29.6 Å². The number of amides is 2. The molecule has 2 N–H and O–H groups in total. The van der Waals surface area contributed by atoms with Crippen LogP contribution in [0, 0.1) is 13.8 Å². The molecule has 6 nitrogen and oxygen atoms in total. The summed E-state index contributed by atoms with van der Waals surface area (Å²) in [5.41, 5.74) is 7.36. The molecule has 2 amide bonds. The summed E-state index contributed by atoms with van der Waals surface area (Å²) in [5.74, 6) is -0.792. The first-order valence-electron chi connectivity index (χ1n) is 10.0. The van der Waals surface area contributed by atoms with Crippen LogP contribution in [0.1, 0.15) is 28.9 Å². The zero-order valence-corrected chi connectivity index (χ0v) is 18.3. The summed E-state index contributed by atoms with van der Waals surface area (Å²) < 4.78 is 2.06. The molecule has 0 aliphatic carbocycles. The number of halogens is 1. The molecule has 0 aliphatic heterocycles. The second-order valence-electron chi connectivity index (χ2n) is 7.20. The number of rotatable bonds is 8. The van der Waals surface area contributed by atoms with E-state index in [9.17, 15) is 9.59 Å². The number of aromatic nitrogens is 1. The first kappa shape index (κ1) is 22.3. The number of carbonyl (C=O) groups excluding carboxylic acids is 2. The van der Waals surface area contributed by atoms with Crippen molar-refractivity contribution in [2.75, 3.05) is 6.54 Å². The van der Waals surface area contributed by atoms with Crippen molar-refractivity contribution in [3.63, 3.8) is 0 Å². The molecule has 0 saturated heterocycles. The smallest absolute Gasteiger partial charge is 0.249 e. The van der Waals surface area contributed by atoms with Crippen molar-refractivity contribution in [1.82, 2.24) is 15.3 Å². The first-order valence-corrected chi connectivity index (χ1v) is 10.4. The molecular weight excluding hydrogens is 412 g/mol. The Morgan fingerprint density at radius 1 is 1.03 bits per heavy atom. The monoisotopic (exact) mass is 436 g/mol. The molecule has 0 unspecified atom stereocenters. The van der Waals surface area contributed by atoms with Crippen molar-refractivity contribution in [2.45, 2.75) is 26.7 Å². The predicted molar refractivity (Wildman–Crippen MR) is 124 cm³/mol. The Hall–Kier alpha value is -3.38. The minimum absolute atomic E-state index is 0.270. The fraction of sp³-hybridized carbons (Fsp3) is 0.208. The van der Waals surface area contributed by atoms with Crippen molar-refractivity contribution in [3.8, 4) is 5.69 Å². The largest absolute Gasteiger partial charge is 0.355 e. The second kappa shape index (κ2) is 10.6. The molecule has 1 aromatic heterocycles. The average molecular weight is 437 g/mol. The van der Waals surface area contributed by atoms with Crippen LogP contribution in [0.15, 0.2) is 65.8 Å². The van der Waals surface area contributed by atoms with Crippen LogP contribution < -0.4 is 10.7 Å². The molecule has 0 fully saturated rings. The van der Waals surface area contributed by atoms with E-state index < -0.39 is 5.91 Å². The van der Waals surface area contributed by atoms with E-state index in [4.69, 9.17) is 11.6 Å². The Morgan fingerprint density at radius 2 is 1.81 bits per heavy atom. The van der Waals surface area contributed by atoms with E-state index in [1.807, 2.05) is 74.5 Å². The number of hydrogen-bond donors (Lipinski definition) is 2. The molecule has 7 heteroatoms. The lowest BCUT2D eigenvalue weighted by Gasteiger charge is -2.09. The lowest BCUT2D eigenvalue weighted by atomic mass is 10.1. The van der Waals surface area contributed by atoms with Gasteiger partial charge >= 0.3 is 0 Å². The number of nitrogens with zero attached hydrogens (tertiary/aromatic N) is 2. The topological polar surface area (TPSA) is 75.5 Å². The summed E-state index contributed by atoms with van der Waals surface area (Å²) in [6.07, 6.45) is 2.02. The van der Waals surface area contributed by atoms with E-state index in [-0.39, 0.29) is 12.3 Å². The molecule has 31 heavy (non-hydrogen) atoms. The van der Waals surface area contributed by atoms with Crippen LogP contribution in [-0.2, 0) is 16.0 Å². The SMILES string of the molecule is Cc1cc(/C=N/NC(=O)CC(=O)NCCc2ccccc2)c(C)n1-c1cccc(Cl)c1. The number of nitrogens with one attached hydrogen (secondary N) is 2. The van der Waals surface area contributed by atoms with Crippen LogP contribution in [0.25, 0.3) is 5.69 Å². The Balaban J connectivity index is 1.50. The third-order valence-electron chi connectivity index (χ3n) is 4.83. The zero-order chi connectivity index (χ0) is 22.2. The molecule has 0 aliphatic rings. The molecule has 2 aromatic carbocycles. The maximum atomic E-state index is 12.0. The van der Waals surface area contributed by atoms with E-state index in [1.54, 1.807) is 6.21 Å². The van der Waals surface area contributed by atoms with Gasteiger partial charge in [0.05, 0.1) is 6.21 Å². The molecule has 3 aromatic rings. The van der Waals surface area contributed by atoms with E-state index >= 15 is 0 Å². The normalized spacial score (nSPS) is 10.9. The highest BCUT2D eigenvalue weighted by Crippen LogP contribution is 2.22. The van der Waals surface area contributed by atoms with Crippen LogP contribution in [0.4, 0.5) is 0 Å². The average Bonchev–Trinajstić information content (AvgIpc) is 3.02. The van der Waals surface area contributed by atoms with Crippen LogP contribution in [0.2, 0.25) is 5.02 Å². The second-order valence-corrected chi connectivity index (χ2v) is 7.63. The van der Waals surface area contributed by atoms with Crippen molar-refractivity contribution in [3.05, 3.63) is 88.2 Å². The summed E-state index contributed by atoms with van der Waals surface area (Å²) in [6.45, 7) is 4.44. The highest BCUT2D eigenvalue weighted by molar-refractivity contribution is 6.30. The van der Waals surface area contributed by atoms with Gasteiger partial charge < -0.3 is 9.88 Å². The van der Waals surface area contributed by atoms with Crippen molar-refractivity contribution in [1.29, 1.82) is 0 Å². The van der Waals surface area contributed by atoms with Crippen molar-refractivity contribution in [2.24, 2.45) is 5.10 Å². The summed E-state index contributed by atoms with van der Waals surface area (Å²) >= 11 is 6.11. The van der Waals surface area contributed by atoms with E-state index in [0.717, 1.165) is 28.2 Å². The summed E-state index contributed by atoms with van der Waals surface area (Å²) in [7, 11) is 0. The quantitative estimate of drug-likeness (QED) is 0.319. The van der Waals surface area contributed by atoms with E-state index in [0.29, 0.717) is 18.0 Å². The van der Waals surface area contributed by atoms with E-state index in [2.05, 4.69) is 20.4 Å². The van der Waals surface area contributed by atoms with Gasteiger partial charge in [-0.25, -0.2) is 5.43 Å². The third kappa shape index (κ3) is 6.30. The molecule has 0 saturated carbocycles.